The molecule has 1 aromatic carbocycles. The van der Waals surface area contributed by atoms with Crippen molar-refractivity contribution in [3.63, 3.8) is 0 Å². The first-order valence-electron chi connectivity index (χ1n) is 4.92. The minimum atomic E-state index is 0.869. The van der Waals surface area contributed by atoms with Gasteiger partial charge in [0, 0.05) is 15.1 Å². The minimum absolute atomic E-state index is 0.869. The summed E-state index contributed by atoms with van der Waals surface area (Å²) in [7, 11) is 4.19. The summed E-state index contributed by atoms with van der Waals surface area (Å²) < 4.78 is 1.09. The van der Waals surface area contributed by atoms with Crippen molar-refractivity contribution in [1.82, 2.24) is 4.90 Å². The van der Waals surface area contributed by atoms with E-state index in [2.05, 4.69) is 41.0 Å². The van der Waals surface area contributed by atoms with Crippen molar-refractivity contribution in [1.29, 1.82) is 0 Å². The van der Waals surface area contributed by atoms with E-state index < -0.39 is 0 Å². The lowest BCUT2D eigenvalue weighted by Gasteiger charge is -2.09. The highest BCUT2D eigenvalue weighted by Crippen LogP contribution is 2.28. The summed E-state index contributed by atoms with van der Waals surface area (Å²) >= 11 is 5.27. The Morgan fingerprint density at radius 1 is 1.40 bits per heavy atom. The van der Waals surface area contributed by atoms with Crippen LogP contribution >= 0.6 is 27.7 Å². The quantitative estimate of drug-likeness (QED) is 0.513. The van der Waals surface area contributed by atoms with Crippen LogP contribution in [0.25, 0.3) is 0 Å². The van der Waals surface area contributed by atoms with Gasteiger partial charge >= 0.3 is 0 Å². The molecule has 0 bridgehead atoms. The third-order valence-corrected chi connectivity index (χ3v) is 3.63. The van der Waals surface area contributed by atoms with Gasteiger partial charge in [-0.2, -0.15) is 0 Å². The molecular formula is C11H17BrN2S. The van der Waals surface area contributed by atoms with Crippen LogP contribution in [0.3, 0.4) is 0 Å². The third kappa shape index (κ3) is 4.91. The van der Waals surface area contributed by atoms with Gasteiger partial charge in [-0.25, -0.2) is 0 Å². The monoisotopic (exact) mass is 288 g/mol. The SMILES string of the molecule is CN(C)CCCSc1cc(Br)ccc1N. The van der Waals surface area contributed by atoms with Crippen LogP contribution in [0.4, 0.5) is 5.69 Å². The van der Waals surface area contributed by atoms with E-state index in [1.54, 1.807) is 0 Å². The molecule has 2 nitrogen and oxygen atoms in total. The maximum atomic E-state index is 5.88. The topological polar surface area (TPSA) is 29.3 Å². The maximum Gasteiger partial charge on any atom is 0.0453 e. The Balaban J connectivity index is 2.40. The summed E-state index contributed by atoms with van der Waals surface area (Å²) in [6, 6.07) is 5.99. The number of nitrogen functional groups attached to an aromatic ring is 1. The number of nitrogens with two attached hydrogens (primary N) is 1. The summed E-state index contributed by atoms with van der Waals surface area (Å²) in [6.07, 6.45) is 1.18. The van der Waals surface area contributed by atoms with Crippen LogP contribution in [-0.4, -0.2) is 31.3 Å². The van der Waals surface area contributed by atoms with Crippen molar-refractivity contribution in [3.8, 4) is 0 Å². The molecular weight excluding hydrogens is 272 g/mol. The molecule has 1 rings (SSSR count). The average molecular weight is 289 g/mol. The highest BCUT2D eigenvalue weighted by molar-refractivity contribution is 9.10. The second-order valence-electron chi connectivity index (χ2n) is 3.69. The van der Waals surface area contributed by atoms with Crippen LogP contribution in [0.5, 0.6) is 0 Å². The maximum absolute atomic E-state index is 5.88. The van der Waals surface area contributed by atoms with Gasteiger partial charge in [-0.05, 0) is 51.0 Å². The molecule has 0 heterocycles. The van der Waals surface area contributed by atoms with Gasteiger partial charge in [-0.15, -0.1) is 11.8 Å². The zero-order valence-electron chi connectivity index (χ0n) is 9.16. The van der Waals surface area contributed by atoms with E-state index in [0.717, 1.165) is 22.5 Å². The molecule has 0 radical (unpaired) electrons. The van der Waals surface area contributed by atoms with Crippen molar-refractivity contribution in [3.05, 3.63) is 22.7 Å². The molecule has 0 saturated carbocycles. The molecule has 4 heteroatoms. The Morgan fingerprint density at radius 2 is 2.13 bits per heavy atom. The number of benzene rings is 1. The standard InChI is InChI=1S/C11H17BrN2S/c1-14(2)6-3-7-15-11-8-9(12)4-5-10(11)13/h4-5,8H,3,6-7,13H2,1-2H3. The van der Waals surface area contributed by atoms with E-state index in [-0.39, 0.29) is 0 Å². The van der Waals surface area contributed by atoms with Gasteiger partial charge in [0.1, 0.15) is 0 Å². The average Bonchev–Trinajstić information content (AvgIpc) is 2.17. The first-order chi connectivity index (χ1) is 7.09. The first-order valence-corrected chi connectivity index (χ1v) is 6.70. The Hall–Kier alpha value is -0.190. The normalized spacial score (nSPS) is 10.9. The lowest BCUT2D eigenvalue weighted by Crippen LogP contribution is -2.13. The van der Waals surface area contributed by atoms with Crippen LogP contribution < -0.4 is 5.73 Å². The van der Waals surface area contributed by atoms with Gasteiger partial charge in [0.25, 0.3) is 0 Å². The molecule has 2 N–H and O–H groups in total. The van der Waals surface area contributed by atoms with E-state index in [1.165, 1.54) is 11.3 Å². The third-order valence-electron chi connectivity index (χ3n) is 1.98. The summed E-state index contributed by atoms with van der Waals surface area (Å²) in [5, 5.41) is 0. The predicted octanol–water partition coefficient (Wildman–Crippen LogP) is 3.08. The molecule has 0 saturated heterocycles. The van der Waals surface area contributed by atoms with E-state index in [9.17, 15) is 0 Å². The number of nitrogens with zero attached hydrogens (tertiary/aromatic N) is 1. The zero-order chi connectivity index (χ0) is 11.3. The molecule has 84 valence electrons. The predicted molar refractivity (Wildman–Crippen MR) is 72.4 cm³/mol. The number of halogens is 1. The van der Waals surface area contributed by atoms with E-state index >= 15 is 0 Å². The summed E-state index contributed by atoms with van der Waals surface area (Å²) in [6.45, 7) is 1.13. The Kier molecular flexibility index (Phi) is 5.50. The lowest BCUT2D eigenvalue weighted by molar-refractivity contribution is 0.410. The van der Waals surface area contributed by atoms with Crippen LogP contribution in [0.2, 0.25) is 0 Å². The smallest absolute Gasteiger partial charge is 0.0453 e. The molecule has 15 heavy (non-hydrogen) atoms. The lowest BCUT2D eigenvalue weighted by atomic mass is 10.3. The van der Waals surface area contributed by atoms with Gasteiger partial charge in [0.15, 0.2) is 0 Å². The molecule has 0 fully saturated rings. The van der Waals surface area contributed by atoms with Crippen LogP contribution in [-0.2, 0) is 0 Å². The van der Waals surface area contributed by atoms with Crippen molar-refractivity contribution in [2.75, 3.05) is 32.1 Å². The number of hydrogen-bond acceptors (Lipinski definition) is 3. The molecule has 1 aromatic rings. The fraction of sp³-hybridized carbons (Fsp3) is 0.455. The van der Waals surface area contributed by atoms with Gasteiger partial charge in [0.2, 0.25) is 0 Å². The summed E-state index contributed by atoms with van der Waals surface area (Å²) in [5.41, 5.74) is 6.75. The molecule has 0 aliphatic heterocycles. The second-order valence-corrected chi connectivity index (χ2v) is 5.74. The van der Waals surface area contributed by atoms with Gasteiger partial charge in [-0.1, -0.05) is 15.9 Å². The van der Waals surface area contributed by atoms with Crippen LogP contribution in [0, 0.1) is 0 Å². The van der Waals surface area contributed by atoms with Gasteiger partial charge in [-0.3, -0.25) is 0 Å². The van der Waals surface area contributed by atoms with E-state index in [4.69, 9.17) is 5.73 Å². The Bertz CT molecular complexity index is 315. The fourth-order valence-corrected chi connectivity index (χ4v) is 2.65. The molecule has 0 aromatic heterocycles. The van der Waals surface area contributed by atoms with E-state index in [1.807, 2.05) is 23.9 Å². The molecule has 0 aliphatic rings. The van der Waals surface area contributed by atoms with Gasteiger partial charge in [0.05, 0.1) is 0 Å². The Labute approximate surface area is 104 Å². The molecule has 0 atom stereocenters. The molecule has 0 aliphatic carbocycles. The van der Waals surface area contributed by atoms with E-state index in [0.29, 0.717) is 0 Å². The van der Waals surface area contributed by atoms with Gasteiger partial charge < -0.3 is 10.6 Å². The van der Waals surface area contributed by atoms with Crippen molar-refractivity contribution in [2.45, 2.75) is 11.3 Å². The number of hydrogen-bond donors (Lipinski definition) is 1. The fourth-order valence-electron chi connectivity index (χ4n) is 1.20. The second kappa shape index (κ2) is 6.40. The summed E-state index contributed by atoms with van der Waals surface area (Å²) in [4.78, 5) is 3.37. The summed E-state index contributed by atoms with van der Waals surface area (Å²) in [5.74, 6) is 1.11. The molecule has 0 amide bonds. The first kappa shape index (κ1) is 12.9. The van der Waals surface area contributed by atoms with Crippen molar-refractivity contribution >= 4 is 33.4 Å². The zero-order valence-corrected chi connectivity index (χ0v) is 11.6. The Morgan fingerprint density at radius 3 is 2.80 bits per heavy atom. The van der Waals surface area contributed by atoms with Crippen LogP contribution in [0.15, 0.2) is 27.6 Å². The van der Waals surface area contributed by atoms with Crippen LogP contribution in [0.1, 0.15) is 6.42 Å². The number of anilines is 1. The highest BCUT2D eigenvalue weighted by atomic mass is 79.9. The van der Waals surface area contributed by atoms with Crippen molar-refractivity contribution < 1.29 is 0 Å². The largest absolute Gasteiger partial charge is 0.398 e. The number of thioether (sulfide) groups is 1. The van der Waals surface area contributed by atoms with Crippen molar-refractivity contribution in [2.24, 2.45) is 0 Å². The molecule has 0 spiro atoms. The molecule has 0 unspecified atom stereocenters. The minimum Gasteiger partial charge on any atom is -0.398 e. The highest BCUT2D eigenvalue weighted by Gasteiger charge is 2.00. The number of rotatable bonds is 5.